The molecule has 1 aliphatic rings. The van der Waals surface area contributed by atoms with Gasteiger partial charge >= 0.3 is 5.97 Å². The van der Waals surface area contributed by atoms with Crippen LogP contribution in [0.3, 0.4) is 0 Å². The van der Waals surface area contributed by atoms with Crippen molar-refractivity contribution in [1.29, 1.82) is 0 Å². The molecule has 0 spiro atoms. The van der Waals surface area contributed by atoms with Gasteiger partial charge in [0.25, 0.3) is 0 Å². The van der Waals surface area contributed by atoms with Gasteiger partial charge in [0.1, 0.15) is 5.75 Å². The predicted molar refractivity (Wildman–Crippen MR) is 65.5 cm³/mol. The number of hydrogen-bond acceptors (Lipinski definition) is 2. The molecule has 1 N–H and O–H groups in total. The van der Waals surface area contributed by atoms with Crippen LogP contribution < -0.4 is 4.74 Å². The minimum Gasteiger partial charge on any atom is -0.478 e. The Kier molecular flexibility index (Phi) is 3.29. The monoisotopic (exact) mass is 254 g/mol. The topological polar surface area (TPSA) is 46.5 Å². The Hall–Kier alpha value is -1.22. The van der Waals surface area contributed by atoms with E-state index in [4.69, 9.17) is 16.3 Å². The molecule has 1 saturated carbocycles. The number of carboxylic acid groups (broad SMARTS) is 1. The van der Waals surface area contributed by atoms with E-state index in [2.05, 4.69) is 0 Å². The molecule has 3 nitrogen and oxygen atoms in total. The van der Waals surface area contributed by atoms with E-state index < -0.39 is 11.6 Å². The Morgan fingerprint density at radius 1 is 1.53 bits per heavy atom. The Morgan fingerprint density at radius 3 is 2.59 bits per heavy atom. The van der Waals surface area contributed by atoms with E-state index in [1.54, 1.807) is 24.3 Å². The molecule has 0 heterocycles. The molecule has 92 valence electrons. The van der Waals surface area contributed by atoms with Gasteiger partial charge in [-0.05, 0) is 43.5 Å². The van der Waals surface area contributed by atoms with E-state index in [0.29, 0.717) is 17.2 Å². The van der Waals surface area contributed by atoms with Crippen LogP contribution >= 0.6 is 11.6 Å². The van der Waals surface area contributed by atoms with E-state index in [1.165, 1.54) is 0 Å². The second-order valence-electron chi connectivity index (χ2n) is 4.39. The number of benzene rings is 1. The summed E-state index contributed by atoms with van der Waals surface area (Å²) in [4.78, 5) is 11.4. The van der Waals surface area contributed by atoms with Crippen LogP contribution in [-0.2, 0) is 4.79 Å². The van der Waals surface area contributed by atoms with Crippen LogP contribution in [0.2, 0.25) is 5.02 Å². The maximum absolute atomic E-state index is 11.4. The molecule has 17 heavy (non-hydrogen) atoms. The van der Waals surface area contributed by atoms with Crippen molar-refractivity contribution in [2.75, 3.05) is 0 Å². The molecule has 0 aromatic heterocycles. The Morgan fingerprint density at radius 2 is 2.18 bits per heavy atom. The van der Waals surface area contributed by atoms with Gasteiger partial charge in [-0.15, -0.1) is 0 Å². The number of carbonyl (C=O) groups is 1. The highest BCUT2D eigenvalue weighted by Crippen LogP contribution is 2.44. The maximum Gasteiger partial charge on any atom is 0.348 e. The Balaban J connectivity index is 2.19. The summed E-state index contributed by atoms with van der Waals surface area (Å²) >= 11 is 5.78. The zero-order valence-electron chi connectivity index (χ0n) is 9.65. The first-order valence-electron chi connectivity index (χ1n) is 5.76. The lowest BCUT2D eigenvalue weighted by Crippen LogP contribution is -2.57. The average Bonchev–Trinajstić information content (AvgIpc) is 2.27. The molecule has 2 atom stereocenters. The molecule has 0 bridgehead atoms. The van der Waals surface area contributed by atoms with E-state index in [-0.39, 0.29) is 5.92 Å². The van der Waals surface area contributed by atoms with Gasteiger partial charge in [0.2, 0.25) is 5.60 Å². The van der Waals surface area contributed by atoms with Crippen molar-refractivity contribution in [3.8, 4) is 5.75 Å². The first-order chi connectivity index (χ1) is 8.08. The molecule has 0 radical (unpaired) electrons. The van der Waals surface area contributed by atoms with E-state index in [9.17, 15) is 9.90 Å². The summed E-state index contributed by atoms with van der Waals surface area (Å²) < 4.78 is 5.70. The third kappa shape index (κ3) is 2.12. The van der Waals surface area contributed by atoms with Crippen molar-refractivity contribution < 1.29 is 14.6 Å². The van der Waals surface area contributed by atoms with E-state index in [0.717, 1.165) is 12.8 Å². The van der Waals surface area contributed by atoms with Gasteiger partial charge in [-0.3, -0.25) is 0 Å². The van der Waals surface area contributed by atoms with Crippen LogP contribution in [0.1, 0.15) is 26.2 Å². The van der Waals surface area contributed by atoms with E-state index >= 15 is 0 Å². The van der Waals surface area contributed by atoms with Crippen LogP contribution in [0.15, 0.2) is 24.3 Å². The van der Waals surface area contributed by atoms with Crippen molar-refractivity contribution in [2.45, 2.75) is 31.8 Å². The maximum atomic E-state index is 11.4. The van der Waals surface area contributed by atoms with Gasteiger partial charge in [0.15, 0.2) is 0 Å². The lowest BCUT2D eigenvalue weighted by atomic mass is 9.68. The smallest absolute Gasteiger partial charge is 0.348 e. The number of aliphatic carboxylic acids is 1. The van der Waals surface area contributed by atoms with Gasteiger partial charge in [0, 0.05) is 10.9 Å². The molecule has 1 aromatic rings. The molecular formula is C13H15ClO3. The Bertz CT molecular complexity index is 413. The summed E-state index contributed by atoms with van der Waals surface area (Å²) in [7, 11) is 0. The molecule has 0 aliphatic heterocycles. The molecule has 0 amide bonds. The fraction of sp³-hybridized carbons (Fsp3) is 0.462. The zero-order valence-corrected chi connectivity index (χ0v) is 10.4. The SMILES string of the molecule is CCC1CCC1(Oc1ccc(Cl)cc1)C(=O)O. The third-order valence-corrected chi connectivity index (χ3v) is 3.74. The van der Waals surface area contributed by atoms with Crippen LogP contribution in [0.4, 0.5) is 0 Å². The van der Waals surface area contributed by atoms with Gasteiger partial charge in [-0.2, -0.15) is 0 Å². The largest absolute Gasteiger partial charge is 0.478 e. The lowest BCUT2D eigenvalue weighted by Gasteiger charge is -2.45. The second kappa shape index (κ2) is 4.57. The van der Waals surface area contributed by atoms with Crippen LogP contribution in [0, 0.1) is 5.92 Å². The molecule has 2 rings (SSSR count). The van der Waals surface area contributed by atoms with Crippen molar-refractivity contribution >= 4 is 17.6 Å². The molecule has 1 aromatic carbocycles. The summed E-state index contributed by atoms with van der Waals surface area (Å²) in [5.74, 6) is -0.212. The standard InChI is InChI=1S/C13H15ClO3/c1-2-9-7-8-13(9,12(15)16)17-11-5-3-10(14)4-6-11/h3-6,9H,2,7-8H2,1H3,(H,15,16). The van der Waals surface area contributed by atoms with Crippen LogP contribution in [-0.4, -0.2) is 16.7 Å². The molecule has 1 aliphatic carbocycles. The van der Waals surface area contributed by atoms with Crippen molar-refractivity contribution in [3.05, 3.63) is 29.3 Å². The summed E-state index contributed by atoms with van der Waals surface area (Å²) in [5, 5.41) is 9.96. The first-order valence-corrected chi connectivity index (χ1v) is 6.14. The molecule has 4 heteroatoms. The second-order valence-corrected chi connectivity index (χ2v) is 4.83. The fourth-order valence-corrected chi connectivity index (χ4v) is 2.44. The number of hydrogen-bond donors (Lipinski definition) is 1. The quantitative estimate of drug-likeness (QED) is 0.896. The summed E-state index contributed by atoms with van der Waals surface area (Å²) in [6.45, 7) is 1.99. The van der Waals surface area contributed by atoms with Gasteiger partial charge < -0.3 is 9.84 Å². The van der Waals surface area contributed by atoms with Crippen molar-refractivity contribution in [1.82, 2.24) is 0 Å². The zero-order chi connectivity index (χ0) is 12.5. The van der Waals surface area contributed by atoms with Gasteiger partial charge in [-0.25, -0.2) is 4.79 Å². The fourth-order valence-electron chi connectivity index (χ4n) is 2.32. The van der Waals surface area contributed by atoms with Crippen molar-refractivity contribution in [2.24, 2.45) is 5.92 Å². The Labute approximate surface area is 105 Å². The highest BCUT2D eigenvalue weighted by atomic mass is 35.5. The number of halogens is 1. The van der Waals surface area contributed by atoms with Crippen molar-refractivity contribution in [3.63, 3.8) is 0 Å². The first kappa shape index (κ1) is 12.2. The van der Waals surface area contributed by atoms with Crippen LogP contribution in [0.5, 0.6) is 5.75 Å². The predicted octanol–water partition coefficient (Wildman–Crippen LogP) is 3.36. The minimum absolute atomic E-state index is 0.0932. The third-order valence-electron chi connectivity index (χ3n) is 3.49. The highest BCUT2D eigenvalue weighted by Gasteiger charge is 2.54. The summed E-state index contributed by atoms with van der Waals surface area (Å²) in [5.41, 5.74) is -1.04. The molecular weight excluding hydrogens is 240 g/mol. The molecule has 1 fully saturated rings. The lowest BCUT2D eigenvalue weighted by molar-refractivity contribution is -0.173. The normalized spacial score (nSPS) is 27.3. The minimum atomic E-state index is -1.04. The van der Waals surface area contributed by atoms with Gasteiger partial charge in [0.05, 0.1) is 0 Å². The number of ether oxygens (including phenoxy) is 1. The number of carboxylic acids is 1. The summed E-state index contributed by atoms with van der Waals surface area (Å²) in [6, 6.07) is 6.81. The molecule has 2 unspecified atom stereocenters. The van der Waals surface area contributed by atoms with Gasteiger partial charge in [-0.1, -0.05) is 18.5 Å². The number of rotatable bonds is 4. The molecule has 0 saturated heterocycles. The van der Waals surface area contributed by atoms with Crippen LogP contribution in [0.25, 0.3) is 0 Å². The highest BCUT2D eigenvalue weighted by molar-refractivity contribution is 6.30. The average molecular weight is 255 g/mol. The summed E-state index contributed by atoms with van der Waals surface area (Å²) in [6.07, 6.45) is 2.31. The van der Waals surface area contributed by atoms with E-state index in [1.807, 2.05) is 6.92 Å².